The summed E-state index contributed by atoms with van der Waals surface area (Å²) in [5.74, 6) is -36.2. The molecule has 0 aliphatic rings. The summed E-state index contributed by atoms with van der Waals surface area (Å²) >= 11 is 0. The lowest BCUT2D eigenvalue weighted by Gasteiger charge is -2.18. The van der Waals surface area contributed by atoms with Gasteiger partial charge in [-0.15, -0.1) is 0 Å². The summed E-state index contributed by atoms with van der Waals surface area (Å²) in [6.07, 6.45) is 0. The number of aromatic hydroxyl groups is 2. The highest BCUT2D eigenvalue weighted by molar-refractivity contribution is 6.10. The molecule has 0 spiro atoms. The highest BCUT2D eigenvalue weighted by atomic mass is 19.2. The first-order valence-corrected chi connectivity index (χ1v) is 12.4. The average molecular weight is 650 g/mol. The fourth-order valence-corrected chi connectivity index (χ4v) is 3.92. The molecule has 4 aromatic carbocycles. The third-order valence-electron chi connectivity index (χ3n) is 5.81. The number of halogens is 12. The topological polar surface area (TPSA) is 58.9 Å². The first kappa shape index (κ1) is 36.3. The van der Waals surface area contributed by atoms with Crippen LogP contribution >= 0.6 is 0 Å². The summed E-state index contributed by atoms with van der Waals surface area (Å²) in [7, 11) is 0. The van der Waals surface area contributed by atoms with Crippen LogP contribution in [0.25, 0.3) is 32.7 Å². The van der Waals surface area contributed by atoms with E-state index in [-0.39, 0.29) is 0 Å². The molecule has 2 N–H and O–H groups in total. The number of phenolic OH excluding ortho intramolecular Hbond substituents is 2. The van der Waals surface area contributed by atoms with Crippen LogP contribution in [0.2, 0.25) is 0 Å². The molecule has 0 saturated carbocycles. The van der Waals surface area contributed by atoms with E-state index < -0.39 is 114 Å². The maximum Gasteiger partial charge on any atom is 0.201 e. The molecule has 4 aromatic rings. The molecule has 0 aliphatic carbocycles. The molecule has 0 amide bonds. The van der Waals surface area contributed by atoms with Crippen LogP contribution in [0.1, 0.15) is 27.7 Å². The van der Waals surface area contributed by atoms with Crippen LogP contribution in [0.15, 0.2) is 0 Å². The molecule has 0 radical (unpaired) electrons. The third-order valence-corrected chi connectivity index (χ3v) is 5.81. The minimum atomic E-state index is -2.73. The molecule has 16 heteroatoms. The Morgan fingerprint density at radius 2 is 0.545 bits per heavy atom. The maximum atomic E-state index is 14.6. The summed E-state index contributed by atoms with van der Waals surface area (Å²) in [4.78, 5) is 0. The summed E-state index contributed by atoms with van der Waals surface area (Å²) in [6.45, 7) is 11.3. The second kappa shape index (κ2) is 14.7. The van der Waals surface area contributed by atoms with Gasteiger partial charge in [0.2, 0.25) is 11.6 Å². The largest absolute Gasteiger partial charge is 0.504 e. The second-order valence-corrected chi connectivity index (χ2v) is 8.28. The van der Waals surface area contributed by atoms with Gasteiger partial charge in [0.05, 0.1) is 10.8 Å². The van der Waals surface area contributed by atoms with E-state index in [0.717, 1.165) is 26.4 Å². The van der Waals surface area contributed by atoms with Crippen molar-refractivity contribution in [3.8, 4) is 22.6 Å². The molecule has 0 unspecified atom stereocenters. The minimum absolute atomic E-state index is 0.844. The molecule has 4 rings (SSSR count). The molecule has 0 atom stereocenters. The third kappa shape index (κ3) is 6.18. The number of phenols is 2. The lowest BCUT2D eigenvalue weighted by molar-refractivity contribution is 0.162. The quantitative estimate of drug-likeness (QED) is 0.129. The first-order valence-electron chi connectivity index (χ1n) is 12.4. The fraction of sp³-hybridized carbons (Fsp3) is 0.286. The van der Waals surface area contributed by atoms with Crippen molar-refractivity contribution in [2.75, 3.05) is 26.4 Å². The molecular formula is C28H22F12O4. The lowest BCUT2D eigenvalue weighted by atomic mass is 9.90. The van der Waals surface area contributed by atoms with Gasteiger partial charge in [-0.1, -0.05) is 0 Å². The summed E-state index contributed by atoms with van der Waals surface area (Å²) in [5.41, 5.74) is -3.95. The smallest absolute Gasteiger partial charge is 0.201 e. The Bertz CT molecular complexity index is 1560. The van der Waals surface area contributed by atoms with Gasteiger partial charge in [0, 0.05) is 48.3 Å². The Kier molecular flexibility index (Phi) is 12.1. The molecule has 4 nitrogen and oxygen atoms in total. The molecule has 44 heavy (non-hydrogen) atoms. The zero-order chi connectivity index (χ0) is 33.8. The van der Waals surface area contributed by atoms with Crippen molar-refractivity contribution in [1.29, 1.82) is 0 Å². The van der Waals surface area contributed by atoms with Crippen molar-refractivity contribution in [2.45, 2.75) is 27.7 Å². The van der Waals surface area contributed by atoms with Crippen molar-refractivity contribution in [2.24, 2.45) is 0 Å². The zero-order valence-electron chi connectivity index (χ0n) is 23.1. The van der Waals surface area contributed by atoms with Crippen molar-refractivity contribution >= 4 is 21.5 Å². The van der Waals surface area contributed by atoms with Crippen LogP contribution in [0.5, 0.6) is 11.5 Å². The van der Waals surface area contributed by atoms with Crippen LogP contribution in [-0.2, 0) is 9.47 Å². The van der Waals surface area contributed by atoms with E-state index in [1.165, 1.54) is 0 Å². The molecule has 0 heterocycles. The van der Waals surface area contributed by atoms with Gasteiger partial charge in [-0.25, -0.2) is 43.9 Å². The van der Waals surface area contributed by atoms with E-state index >= 15 is 0 Å². The van der Waals surface area contributed by atoms with E-state index in [1.807, 2.05) is 27.7 Å². The SMILES string of the molecule is CCOCC.CCOCC.Oc1c(F)c(F)c2c(F)c(F)c(F)c(F)c2c1-c1c(O)c(F)c(F)c2c(F)c(F)c(F)c(F)c12. The van der Waals surface area contributed by atoms with Crippen molar-refractivity contribution < 1.29 is 72.4 Å². The Labute approximate surface area is 241 Å². The molecule has 0 bridgehead atoms. The molecule has 0 fully saturated rings. The van der Waals surface area contributed by atoms with Crippen molar-refractivity contribution in [1.82, 2.24) is 0 Å². The Balaban J connectivity index is 0.000000586. The predicted octanol–water partition coefficient (Wildman–Crippen LogP) is 8.83. The molecule has 0 aliphatic heterocycles. The standard InChI is InChI=1S/C20H2F12O2.2C4H10O/c21-7-1-3(19(33)17(31)11(25)5(1)9(23)15(29)13(7)27)4-2-6(12(26)18(32)20(4)34)10(24)16(30)14(28)8(2)22;2*1-3-5-4-2/h33-34H;2*3-4H2,1-2H3. The van der Waals surface area contributed by atoms with Gasteiger partial charge >= 0.3 is 0 Å². The van der Waals surface area contributed by atoms with E-state index in [4.69, 9.17) is 9.47 Å². The average Bonchev–Trinajstić information content (AvgIpc) is 3.00. The van der Waals surface area contributed by atoms with Gasteiger partial charge in [0.1, 0.15) is 0 Å². The first-order chi connectivity index (χ1) is 20.6. The van der Waals surface area contributed by atoms with Crippen LogP contribution in [0.3, 0.4) is 0 Å². The predicted molar refractivity (Wildman–Crippen MR) is 134 cm³/mol. The Morgan fingerprint density at radius 3 is 0.750 bits per heavy atom. The van der Waals surface area contributed by atoms with Crippen LogP contribution < -0.4 is 0 Å². The highest BCUT2D eigenvalue weighted by Gasteiger charge is 2.36. The number of benzene rings is 4. The number of hydrogen-bond acceptors (Lipinski definition) is 4. The van der Waals surface area contributed by atoms with E-state index in [1.54, 1.807) is 0 Å². The highest BCUT2D eigenvalue weighted by Crippen LogP contribution is 2.51. The van der Waals surface area contributed by atoms with Crippen LogP contribution in [0.4, 0.5) is 52.7 Å². The van der Waals surface area contributed by atoms with Crippen LogP contribution in [-0.4, -0.2) is 36.6 Å². The Morgan fingerprint density at radius 1 is 0.341 bits per heavy atom. The fourth-order valence-electron chi connectivity index (χ4n) is 3.92. The normalized spacial score (nSPS) is 11.0. The van der Waals surface area contributed by atoms with Gasteiger partial charge < -0.3 is 19.7 Å². The van der Waals surface area contributed by atoms with E-state index in [9.17, 15) is 62.9 Å². The molecule has 0 aromatic heterocycles. The van der Waals surface area contributed by atoms with Crippen molar-refractivity contribution in [3.05, 3.63) is 69.8 Å². The van der Waals surface area contributed by atoms with Gasteiger partial charge in [0.25, 0.3) is 0 Å². The number of fused-ring (bicyclic) bond motifs is 2. The van der Waals surface area contributed by atoms with Gasteiger partial charge in [-0.05, 0) is 27.7 Å². The monoisotopic (exact) mass is 650 g/mol. The minimum Gasteiger partial charge on any atom is -0.504 e. The zero-order valence-corrected chi connectivity index (χ0v) is 23.1. The molecular weight excluding hydrogens is 628 g/mol. The van der Waals surface area contributed by atoms with E-state index in [2.05, 4.69) is 0 Å². The second-order valence-electron chi connectivity index (χ2n) is 8.28. The summed E-state index contributed by atoms with van der Waals surface area (Å²) in [5, 5.41) is 11.8. The van der Waals surface area contributed by atoms with Gasteiger partial charge in [-0.2, -0.15) is 8.78 Å². The molecule has 242 valence electrons. The molecule has 0 saturated heterocycles. The number of rotatable bonds is 5. The van der Waals surface area contributed by atoms with E-state index in [0.29, 0.717) is 0 Å². The van der Waals surface area contributed by atoms with Gasteiger partial charge in [-0.3, -0.25) is 0 Å². The maximum absolute atomic E-state index is 14.6. The number of hydrogen-bond donors (Lipinski definition) is 2. The van der Waals surface area contributed by atoms with Crippen LogP contribution in [0, 0.1) is 69.8 Å². The summed E-state index contributed by atoms with van der Waals surface area (Å²) < 4.78 is 179. The lowest BCUT2D eigenvalue weighted by Crippen LogP contribution is -2.07. The number of ether oxygens (including phenoxy) is 2. The Hall–Kier alpha value is -3.92. The van der Waals surface area contributed by atoms with Gasteiger partial charge in [0.15, 0.2) is 69.7 Å². The summed E-state index contributed by atoms with van der Waals surface area (Å²) in [6, 6.07) is 0. The van der Waals surface area contributed by atoms with Crippen molar-refractivity contribution in [3.63, 3.8) is 0 Å².